The monoisotopic (exact) mass is 296 g/mol. The number of nitrogen functional groups attached to an aromatic ring is 1. The molecule has 0 unspecified atom stereocenters. The van der Waals surface area contributed by atoms with Crippen LogP contribution in [0.2, 0.25) is 0 Å². The van der Waals surface area contributed by atoms with Crippen molar-refractivity contribution in [2.24, 2.45) is 0 Å². The quantitative estimate of drug-likeness (QED) is 0.683. The topological polar surface area (TPSA) is 57.4 Å². The zero-order chi connectivity index (χ0) is 16.0. The number of hydrogen-bond acceptors (Lipinski definition) is 4. The summed E-state index contributed by atoms with van der Waals surface area (Å²) in [6.07, 6.45) is 1.78. The second-order valence-electron chi connectivity index (χ2n) is 6.65. The van der Waals surface area contributed by atoms with E-state index in [2.05, 4.69) is 4.98 Å². The lowest BCUT2D eigenvalue weighted by Gasteiger charge is -2.32. The molecule has 0 spiro atoms. The summed E-state index contributed by atoms with van der Waals surface area (Å²) in [5, 5.41) is 0. The van der Waals surface area contributed by atoms with Gasteiger partial charge in [0.1, 0.15) is 0 Å². The summed E-state index contributed by atoms with van der Waals surface area (Å²) in [7, 11) is -0.425. The van der Waals surface area contributed by atoms with Crippen LogP contribution in [-0.4, -0.2) is 23.3 Å². The van der Waals surface area contributed by atoms with Crippen LogP contribution < -0.4 is 11.2 Å². The fourth-order valence-electron chi connectivity index (χ4n) is 2.46. The number of aromatic nitrogens is 1. The molecule has 1 aromatic carbocycles. The van der Waals surface area contributed by atoms with E-state index in [9.17, 15) is 0 Å². The zero-order valence-electron chi connectivity index (χ0n) is 13.5. The van der Waals surface area contributed by atoms with E-state index in [-0.39, 0.29) is 11.2 Å². The van der Waals surface area contributed by atoms with Crippen molar-refractivity contribution >= 4 is 18.3 Å². The summed E-state index contributed by atoms with van der Waals surface area (Å²) in [5.74, 6) is 0. The fourth-order valence-corrected chi connectivity index (χ4v) is 2.46. The molecule has 114 valence electrons. The van der Waals surface area contributed by atoms with Crippen molar-refractivity contribution < 1.29 is 9.31 Å². The van der Waals surface area contributed by atoms with Crippen molar-refractivity contribution in [1.29, 1.82) is 0 Å². The van der Waals surface area contributed by atoms with Gasteiger partial charge in [0, 0.05) is 17.3 Å². The van der Waals surface area contributed by atoms with Crippen molar-refractivity contribution in [3.8, 4) is 11.3 Å². The molecule has 0 amide bonds. The van der Waals surface area contributed by atoms with Crippen LogP contribution in [0.4, 0.5) is 5.69 Å². The molecule has 4 nitrogen and oxygen atoms in total. The zero-order valence-corrected chi connectivity index (χ0v) is 13.5. The highest BCUT2D eigenvalue weighted by Gasteiger charge is 2.52. The average Bonchev–Trinajstić information content (AvgIpc) is 2.68. The maximum absolute atomic E-state index is 6.15. The van der Waals surface area contributed by atoms with E-state index in [0.29, 0.717) is 0 Å². The molecule has 3 rings (SSSR count). The number of nitrogens with two attached hydrogens (primary N) is 1. The van der Waals surface area contributed by atoms with Crippen molar-refractivity contribution in [3.05, 3.63) is 42.6 Å². The number of pyridine rings is 1. The Morgan fingerprint density at radius 3 is 2.14 bits per heavy atom. The predicted octanol–water partition coefficient (Wildman–Crippen LogP) is 2.63. The SMILES string of the molecule is CC1(C)OB(c2cccnc2-c2ccc(N)cc2)OC1(C)C. The Labute approximate surface area is 131 Å². The van der Waals surface area contributed by atoms with Gasteiger partial charge in [-0.1, -0.05) is 18.2 Å². The Morgan fingerprint density at radius 2 is 1.55 bits per heavy atom. The third-order valence-corrected chi connectivity index (χ3v) is 4.53. The van der Waals surface area contributed by atoms with Gasteiger partial charge in [0.05, 0.1) is 16.9 Å². The number of rotatable bonds is 2. The molecule has 5 heteroatoms. The predicted molar refractivity (Wildman–Crippen MR) is 89.8 cm³/mol. The van der Waals surface area contributed by atoms with Crippen LogP contribution in [-0.2, 0) is 9.31 Å². The average molecular weight is 296 g/mol. The van der Waals surface area contributed by atoms with Crippen LogP contribution in [0.15, 0.2) is 42.6 Å². The van der Waals surface area contributed by atoms with Gasteiger partial charge in [-0.15, -0.1) is 0 Å². The molecule has 0 atom stereocenters. The van der Waals surface area contributed by atoms with E-state index in [1.165, 1.54) is 0 Å². The van der Waals surface area contributed by atoms with Gasteiger partial charge in [0.25, 0.3) is 0 Å². The number of nitrogens with zero attached hydrogens (tertiary/aromatic N) is 1. The minimum atomic E-state index is -0.425. The first-order chi connectivity index (χ1) is 10.3. The maximum Gasteiger partial charge on any atom is 0.497 e. The molecule has 22 heavy (non-hydrogen) atoms. The smallest absolute Gasteiger partial charge is 0.399 e. The first kappa shape index (κ1) is 15.1. The largest absolute Gasteiger partial charge is 0.497 e. The Balaban J connectivity index is 2.01. The van der Waals surface area contributed by atoms with Gasteiger partial charge in [-0.2, -0.15) is 0 Å². The lowest BCUT2D eigenvalue weighted by atomic mass is 9.76. The molecule has 1 aliphatic heterocycles. The molecule has 0 saturated carbocycles. The van der Waals surface area contributed by atoms with E-state index >= 15 is 0 Å². The van der Waals surface area contributed by atoms with E-state index in [1.807, 2.05) is 64.1 Å². The maximum atomic E-state index is 6.15. The van der Waals surface area contributed by atoms with Gasteiger partial charge in [0.2, 0.25) is 0 Å². The molecule has 1 fully saturated rings. The van der Waals surface area contributed by atoms with Crippen LogP contribution in [0.25, 0.3) is 11.3 Å². The summed E-state index contributed by atoms with van der Waals surface area (Å²) in [6.45, 7) is 8.19. The van der Waals surface area contributed by atoms with Crippen LogP contribution in [0, 0.1) is 0 Å². The Morgan fingerprint density at radius 1 is 0.955 bits per heavy atom. The van der Waals surface area contributed by atoms with Gasteiger partial charge in [-0.3, -0.25) is 4.98 Å². The molecular weight excluding hydrogens is 275 g/mol. The van der Waals surface area contributed by atoms with Crippen molar-refractivity contribution in [1.82, 2.24) is 4.98 Å². The molecule has 0 radical (unpaired) electrons. The highest BCUT2D eigenvalue weighted by molar-refractivity contribution is 6.63. The number of benzene rings is 1. The van der Waals surface area contributed by atoms with Crippen molar-refractivity contribution in [3.63, 3.8) is 0 Å². The lowest BCUT2D eigenvalue weighted by Crippen LogP contribution is -2.41. The van der Waals surface area contributed by atoms with E-state index in [4.69, 9.17) is 15.0 Å². The highest BCUT2D eigenvalue weighted by atomic mass is 16.7. The Kier molecular flexibility index (Phi) is 3.50. The second kappa shape index (κ2) is 5.11. The molecule has 1 saturated heterocycles. The Hall–Kier alpha value is -1.85. The highest BCUT2D eigenvalue weighted by Crippen LogP contribution is 2.37. The standard InChI is InChI=1S/C17H21BN2O2/c1-16(2)17(3,4)22-18(21-16)14-6-5-11-20-15(14)12-7-9-13(19)10-8-12/h5-11H,19H2,1-4H3. The van der Waals surface area contributed by atoms with Crippen LogP contribution in [0.1, 0.15) is 27.7 Å². The summed E-state index contributed by atoms with van der Waals surface area (Å²) in [6, 6.07) is 11.6. The summed E-state index contributed by atoms with van der Waals surface area (Å²) >= 11 is 0. The van der Waals surface area contributed by atoms with E-state index in [0.717, 1.165) is 22.4 Å². The lowest BCUT2D eigenvalue weighted by molar-refractivity contribution is 0.00578. The van der Waals surface area contributed by atoms with Gasteiger partial charge in [-0.05, 0) is 51.5 Å². The van der Waals surface area contributed by atoms with E-state index < -0.39 is 7.12 Å². The molecule has 1 aromatic heterocycles. The normalized spacial score (nSPS) is 19.4. The summed E-state index contributed by atoms with van der Waals surface area (Å²) < 4.78 is 12.3. The first-order valence-corrected chi connectivity index (χ1v) is 7.47. The van der Waals surface area contributed by atoms with E-state index in [1.54, 1.807) is 6.20 Å². The number of anilines is 1. The second-order valence-corrected chi connectivity index (χ2v) is 6.65. The van der Waals surface area contributed by atoms with Crippen molar-refractivity contribution in [2.75, 3.05) is 5.73 Å². The minimum absolute atomic E-state index is 0.369. The first-order valence-electron chi connectivity index (χ1n) is 7.47. The van der Waals surface area contributed by atoms with Gasteiger partial charge < -0.3 is 15.0 Å². The molecular formula is C17H21BN2O2. The minimum Gasteiger partial charge on any atom is -0.399 e. The third kappa shape index (κ3) is 2.51. The molecule has 2 aromatic rings. The Bertz CT molecular complexity index is 667. The third-order valence-electron chi connectivity index (χ3n) is 4.53. The van der Waals surface area contributed by atoms with Gasteiger partial charge in [0.15, 0.2) is 0 Å². The van der Waals surface area contributed by atoms with Crippen molar-refractivity contribution in [2.45, 2.75) is 38.9 Å². The molecule has 1 aliphatic rings. The summed E-state index contributed by atoms with van der Waals surface area (Å²) in [5.41, 5.74) is 8.56. The van der Waals surface area contributed by atoms with Crippen LogP contribution >= 0.6 is 0 Å². The molecule has 0 bridgehead atoms. The van der Waals surface area contributed by atoms with Crippen LogP contribution in [0.5, 0.6) is 0 Å². The van der Waals surface area contributed by atoms with Gasteiger partial charge in [-0.25, -0.2) is 0 Å². The molecule has 0 aliphatic carbocycles. The fraction of sp³-hybridized carbons (Fsp3) is 0.353. The molecule has 2 N–H and O–H groups in total. The summed E-state index contributed by atoms with van der Waals surface area (Å²) in [4.78, 5) is 4.52. The molecule has 2 heterocycles. The van der Waals surface area contributed by atoms with Crippen LogP contribution in [0.3, 0.4) is 0 Å². The number of hydrogen-bond donors (Lipinski definition) is 1. The van der Waals surface area contributed by atoms with Gasteiger partial charge >= 0.3 is 7.12 Å².